The Morgan fingerprint density at radius 1 is 1.05 bits per heavy atom. The van der Waals surface area contributed by atoms with Gasteiger partial charge in [0.15, 0.2) is 16.7 Å². The fourth-order valence-electron chi connectivity index (χ4n) is 3.70. The second kappa shape index (κ2) is 11.9. The molecule has 13 heteroatoms. The summed E-state index contributed by atoms with van der Waals surface area (Å²) in [6, 6.07) is 18.7. The summed E-state index contributed by atoms with van der Waals surface area (Å²) in [7, 11) is 1.44. The second-order valence-electron chi connectivity index (χ2n) is 8.07. The number of hydrogen-bond donors (Lipinski definition) is 0. The third kappa shape index (κ3) is 6.21. The van der Waals surface area contributed by atoms with Crippen LogP contribution in [0.5, 0.6) is 11.5 Å². The maximum Gasteiger partial charge on any atom is 0.269 e. The van der Waals surface area contributed by atoms with Crippen LogP contribution in [0.3, 0.4) is 0 Å². The Bertz CT molecular complexity index is 1450. The molecule has 0 aliphatic heterocycles. The van der Waals surface area contributed by atoms with E-state index in [4.69, 9.17) is 21.1 Å². The number of nitrogens with zero attached hydrogens (tertiary/aromatic N) is 5. The summed E-state index contributed by atoms with van der Waals surface area (Å²) in [5.74, 6) is 1.19. The van der Waals surface area contributed by atoms with Gasteiger partial charge < -0.3 is 9.47 Å². The van der Waals surface area contributed by atoms with E-state index in [1.54, 1.807) is 24.3 Å². The SMILES string of the molecule is COc1cc([C@@H](C[N+](=O)[O-])Sc2nnc(C)n2-c2ccccc2)cc(Cl)c1OCc1ccc([N+](=O)[O-])cc1. The van der Waals surface area contributed by atoms with Crippen molar-refractivity contribution in [3.63, 3.8) is 0 Å². The highest BCUT2D eigenvalue weighted by Crippen LogP contribution is 2.43. The number of nitro groups is 2. The average molecular weight is 556 g/mol. The molecule has 11 nitrogen and oxygen atoms in total. The number of benzene rings is 3. The predicted octanol–water partition coefficient (Wildman–Crippen LogP) is 5.84. The molecule has 4 aromatic rings. The summed E-state index contributed by atoms with van der Waals surface area (Å²) < 4.78 is 13.2. The highest BCUT2D eigenvalue weighted by Gasteiger charge is 2.26. The first-order chi connectivity index (χ1) is 18.3. The van der Waals surface area contributed by atoms with Crippen LogP contribution >= 0.6 is 23.4 Å². The number of nitro benzene ring substituents is 1. The summed E-state index contributed by atoms with van der Waals surface area (Å²) in [4.78, 5) is 21.6. The molecule has 0 aliphatic carbocycles. The van der Waals surface area contributed by atoms with Crippen LogP contribution in [0.25, 0.3) is 5.69 Å². The molecule has 0 saturated heterocycles. The quantitative estimate of drug-likeness (QED) is 0.127. The summed E-state index contributed by atoms with van der Waals surface area (Å²) in [5.41, 5.74) is 2.05. The van der Waals surface area contributed by atoms with Crippen molar-refractivity contribution < 1.29 is 19.3 Å². The van der Waals surface area contributed by atoms with Gasteiger partial charge in [0.1, 0.15) is 17.7 Å². The van der Waals surface area contributed by atoms with Crippen LogP contribution in [0.2, 0.25) is 5.02 Å². The number of non-ortho nitro benzene ring substituents is 1. The van der Waals surface area contributed by atoms with Gasteiger partial charge in [-0.2, -0.15) is 0 Å². The molecule has 38 heavy (non-hydrogen) atoms. The van der Waals surface area contributed by atoms with Crippen molar-refractivity contribution in [3.05, 3.63) is 109 Å². The fourth-order valence-corrected chi connectivity index (χ4v) is 5.13. The largest absolute Gasteiger partial charge is 0.493 e. The number of para-hydroxylation sites is 1. The predicted molar refractivity (Wildman–Crippen MR) is 142 cm³/mol. The first-order valence-electron chi connectivity index (χ1n) is 11.3. The molecule has 196 valence electrons. The van der Waals surface area contributed by atoms with Gasteiger partial charge in [0.25, 0.3) is 5.69 Å². The van der Waals surface area contributed by atoms with Gasteiger partial charge in [-0.1, -0.05) is 41.6 Å². The summed E-state index contributed by atoms with van der Waals surface area (Å²) in [6.07, 6.45) is 0. The van der Waals surface area contributed by atoms with Crippen molar-refractivity contribution >= 4 is 29.1 Å². The number of halogens is 1. The third-order valence-corrected chi connectivity index (χ3v) is 6.99. The summed E-state index contributed by atoms with van der Waals surface area (Å²) in [5, 5.41) is 30.9. The van der Waals surface area contributed by atoms with Gasteiger partial charge in [0.05, 0.1) is 17.1 Å². The highest BCUT2D eigenvalue weighted by atomic mass is 35.5. The molecule has 1 heterocycles. The number of rotatable bonds is 11. The monoisotopic (exact) mass is 555 g/mol. The zero-order valence-electron chi connectivity index (χ0n) is 20.3. The minimum Gasteiger partial charge on any atom is -0.493 e. The molecule has 0 amide bonds. The van der Waals surface area contributed by atoms with Crippen molar-refractivity contribution in [2.24, 2.45) is 0 Å². The van der Waals surface area contributed by atoms with E-state index in [0.717, 1.165) is 5.69 Å². The molecular weight excluding hydrogens is 534 g/mol. The molecule has 0 aliphatic rings. The minimum absolute atomic E-state index is 0.0265. The molecule has 0 unspecified atom stereocenters. The molecule has 0 radical (unpaired) electrons. The van der Waals surface area contributed by atoms with Gasteiger partial charge >= 0.3 is 0 Å². The lowest BCUT2D eigenvalue weighted by atomic mass is 10.1. The number of aryl methyl sites for hydroxylation is 1. The van der Waals surface area contributed by atoms with Gasteiger partial charge in [0, 0.05) is 22.7 Å². The molecule has 3 aromatic carbocycles. The van der Waals surface area contributed by atoms with Gasteiger partial charge in [-0.05, 0) is 54.4 Å². The molecule has 0 N–H and O–H groups in total. The smallest absolute Gasteiger partial charge is 0.269 e. The third-order valence-electron chi connectivity index (χ3n) is 5.53. The van der Waals surface area contributed by atoms with Gasteiger partial charge in [-0.15, -0.1) is 10.2 Å². The maximum absolute atomic E-state index is 11.6. The summed E-state index contributed by atoms with van der Waals surface area (Å²) in [6.45, 7) is 1.50. The molecule has 4 rings (SSSR count). The number of thioether (sulfide) groups is 1. The van der Waals surface area contributed by atoms with Gasteiger partial charge in [-0.25, -0.2) is 0 Å². The van der Waals surface area contributed by atoms with E-state index in [-0.39, 0.29) is 23.1 Å². The maximum atomic E-state index is 11.6. The number of ether oxygens (including phenoxy) is 2. The Labute approximate surface area is 226 Å². The van der Waals surface area contributed by atoms with Crippen LogP contribution in [-0.4, -0.2) is 38.3 Å². The Hall–Kier alpha value is -4.16. The molecule has 1 atom stereocenters. The van der Waals surface area contributed by atoms with Gasteiger partial charge in [0.2, 0.25) is 6.54 Å². The van der Waals surface area contributed by atoms with Crippen molar-refractivity contribution in [2.75, 3.05) is 13.7 Å². The van der Waals surface area contributed by atoms with Crippen LogP contribution in [0, 0.1) is 27.2 Å². The van der Waals surface area contributed by atoms with Crippen LogP contribution in [0.4, 0.5) is 5.69 Å². The summed E-state index contributed by atoms with van der Waals surface area (Å²) >= 11 is 7.75. The topological polar surface area (TPSA) is 135 Å². The minimum atomic E-state index is -0.661. The molecule has 0 spiro atoms. The van der Waals surface area contributed by atoms with Crippen LogP contribution in [0.15, 0.2) is 71.9 Å². The fraction of sp³-hybridized carbons (Fsp3) is 0.200. The molecular formula is C25H22ClN5O6S. The standard InChI is InChI=1S/C25H22ClN5O6S/c1-16-27-28-25(30(16)19-6-4-3-5-7-19)38-23(14-29(32)33)18-12-21(26)24(22(13-18)36-2)37-15-17-8-10-20(11-9-17)31(34)35/h3-13,23H,14-15H2,1-2H3/t23-/m1/s1. The normalized spacial score (nSPS) is 11.7. The Balaban J connectivity index is 1.61. The Morgan fingerprint density at radius 3 is 2.39 bits per heavy atom. The number of hydrogen-bond acceptors (Lipinski definition) is 9. The van der Waals surface area contributed by atoms with E-state index < -0.39 is 21.6 Å². The van der Waals surface area contributed by atoms with Crippen molar-refractivity contribution in [1.29, 1.82) is 0 Å². The second-order valence-corrected chi connectivity index (χ2v) is 9.65. The lowest BCUT2D eigenvalue weighted by Crippen LogP contribution is -2.12. The Kier molecular flexibility index (Phi) is 8.44. The van der Waals surface area contributed by atoms with Crippen LogP contribution in [0.1, 0.15) is 22.2 Å². The average Bonchev–Trinajstić information content (AvgIpc) is 3.27. The van der Waals surface area contributed by atoms with Crippen molar-refractivity contribution in [3.8, 4) is 17.2 Å². The van der Waals surface area contributed by atoms with E-state index in [1.807, 2.05) is 41.8 Å². The number of aromatic nitrogens is 3. The van der Waals surface area contributed by atoms with E-state index >= 15 is 0 Å². The van der Waals surface area contributed by atoms with Crippen molar-refractivity contribution in [2.45, 2.75) is 23.9 Å². The van der Waals surface area contributed by atoms with Crippen molar-refractivity contribution in [1.82, 2.24) is 14.8 Å². The lowest BCUT2D eigenvalue weighted by Gasteiger charge is -2.18. The highest BCUT2D eigenvalue weighted by molar-refractivity contribution is 7.99. The number of methoxy groups -OCH3 is 1. The first kappa shape index (κ1) is 26.9. The molecule has 0 fully saturated rings. The zero-order valence-corrected chi connectivity index (χ0v) is 21.9. The zero-order chi connectivity index (χ0) is 27.2. The molecule has 1 aromatic heterocycles. The van der Waals surface area contributed by atoms with E-state index in [0.29, 0.717) is 27.9 Å². The Morgan fingerprint density at radius 2 is 1.76 bits per heavy atom. The van der Waals surface area contributed by atoms with Crippen LogP contribution in [-0.2, 0) is 6.61 Å². The van der Waals surface area contributed by atoms with E-state index in [1.165, 1.54) is 31.0 Å². The van der Waals surface area contributed by atoms with E-state index in [9.17, 15) is 20.2 Å². The molecule has 0 saturated carbocycles. The van der Waals surface area contributed by atoms with E-state index in [2.05, 4.69) is 10.2 Å². The molecule has 0 bridgehead atoms. The lowest BCUT2D eigenvalue weighted by molar-refractivity contribution is -0.479. The first-order valence-corrected chi connectivity index (χ1v) is 12.5. The van der Waals surface area contributed by atoms with Crippen LogP contribution < -0.4 is 9.47 Å². The van der Waals surface area contributed by atoms with Gasteiger partial charge in [-0.3, -0.25) is 24.8 Å².